The number of hydrogen-bond donors (Lipinski definition) is 1. The van der Waals surface area contributed by atoms with Gasteiger partial charge in [0.25, 0.3) is 0 Å². The molecule has 22 heavy (non-hydrogen) atoms. The molecule has 1 aromatic heterocycles. The number of aryl methyl sites for hydroxylation is 1. The van der Waals surface area contributed by atoms with Gasteiger partial charge in [-0.15, -0.1) is 0 Å². The number of aromatic amines is 1. The van der Waals surface area contributed by atoms with Crippen LogP contribution < -0.4 is 4.74 Å². The summed E-state index contributed by atoms with van der Waals surface area (Å²) in [5, 5.41) is 1.38. The number of hydrogen-bond acceptors (Lipinski definition) is 2. The standard InChI is InChI=1S/C19H26N2O/c1-3-10-22-15-4-5-18-16(11-15)19(13(2)20-18)17-12-21-8-6-14(17)7-9-21/h4-5,11,14,17,20H,3,6-10,12H2,1-2H3. The number of fused-ring (bicyclic) bond motifs is 4. The van der Waals surface area contributed by atoms with Crippen molar-refractivity contribution < 1.29 is 4.74 Å². The molecule has 4 heterocycles. The first-order chi connectivity index (χ1) is 10.8. The molecule has 3 aliphatic heterocycles. The van der Waals surface area contributed by atoms with Crippen molar-refractivity contribution >= 4 is 10.9 Å². The van der Waals surface area contributed by atoms with Gasteiger partial charge in [0.2, 0.25) is 0 Å². The summed E-state index contributed by atoms with van der Waals surface area (Å²) in [6, 6.07) is 6.52. The van der Waals surface area contributed by atoms with E-state index < -0.39 is 0 Å². The number of aromatic nitrogens is 1. The summed E-state index contributed by atoms with van der Waals surface area (Å²) in [4.78, 5) is 6.23. The third-order valence-corrected chi connectivity index (χ3v) is 5.51. The quantitative estimate of drug-likeness (QED) is 0.921. The second-order valence-corrected chi connectivity index (χ2v) is 6.96. The van der Waals surface area contributed by atoms with Gasteiger partial charge in [-0.2, -0.15) is 0 Å². The van der Waals surface area contributed by atoms with E-state index in [9.17, 15) is 0 Å². The lowest BCUT2D eigenvalue weighted by molar-refractivity contribution is 0.0874. The van der Waals surface area contributed by atoms with Crippen molar-refractivity contribution in [2.75, 3.05) is 26.2 Å². The number of benzene rings is 1. The minimum Gasteiger partial charge on any atom is -0.494 e. The summed E-state index contributed by atoms with van der Waals surface area (Å²) in [6.07, 6.45) is 3.78. The third-order valence-electron chi connectivity index (χ3n) is 5.51. The van der Waals surface area contributed by atoms with E-state index in [0.717, 1.165) is 24.7 Å². The number of ether oxygens (including phenoxy) is 1. The lowest BCUT2D eigenvalue weighted by Gasteiger charge is -2.45. The first-order valence-corrected chi connectivity index (χ1v) is 8.73. The average Bonchev–Trinajstić information content (AvgIpc) is 2.89. The van der Waals surface area contributed by atoms with Crippen LogP contribution in [0.5, 0.6) is 5.75 Å². The van der Waals surface area contributed by atoms with Gasteiger partial charge in [0.1, 0.15) is 5.75 Å². The van der Waals surface area contributed by atoms with Gasteiger partial charge in [-0.3, -0.25) is 0 Å². The predicted molar refractivity (Wildman–Crippen MR) is 90.7 cm³/mol. The van der Waals surface area contributed by atoms with Crippen molar-refractivity contribution in [2.24, 2.45) is 5.92 Å². The molecule has 0 spiro atoms. The maximum Gasteiger partial charge on any atom is 0.120 e. The van der Waals surface area contributed by atoms with Crippen molar-refractivity contribution in [3.8, 4) is 5.75 Å². The molecule has 118 valence electrons. The molecule has 3 heteroatoms. The Morgan fingerprint density at radius 2 is 2.09 bits per heavy atom. The fourth-order valence-electron chi connectivity index (χ4n) is 4.41. The Bertz CT molecular complexity index is 667. The first-order valence-electron chi connectivity index (χ1n) is 8.73. The molecule has 1 unspecified atom stereocenters. The lowest BCUT2D eigenvalue weighted by Crippen LogP contribution is -2.46. The minimum atomic E-state index is 0.692. The van der Waals surface area contributed by atoms with Crippen LogP contribution in [0.4, 0.5) is 0 Å². The van der Waals surface area contributed by atoms with Gasteiger partial charge in [0.15, 0.2) is 0 Å². The van der Waals surface area contributed by atoms with Crippen molar-refractivity contribution in [2.45, 2.75) is 39.0 Å². The molecule has 0 saturated carbocycles. The molecule has 0 amide bonds. The van der Waals surface area contributed by atoms with Crippen LogP contribution in [0.15, 0.2) is 18.2 Å². The lowest BCUT2D eigenvalue weighted by atomic mass is 9.75. The maximum atomic E-state index is 5.85. The number of rotatable bonds is 4. The minimum absolute atomic E-state index is 0.692. The highest BCUT2D eigenvalue weighted by molar-refractivity contribution is 5.86. The van der Waals surface area contributed by atoms with Crippen molar-refractivity contribution in [3.05, 3.63) is 29.5 Å². The summed E-state index contributed by atoms with van der Waals surface area (Å²) < 4.78 is 5.85. The Morgan fingerprint density at radius 1 is 1.27 bits per heavy atom. The van der Waals surface area contributed by atoms with Crippen LogP contribution >= 0.6 is 0 Å². The molecule has 5 rings (SSSR count). The second kappa shape index (κ2) is 5.62. The van der Waals surface area contributed by atoms with E-state index in [1.54, 1.807) is 5.56 Å². The maximum absolute atomic E-state index is 5.85. The highest BCUT2D eigenvalue weighted by atomic mass is 16.5. The number of H-pyrrole nitrogens is 1. The summed E-state index contributed by atoms with van der Waals surface area (Å²) >= 11 is 0. The zero-order valence-corrected chi connectivity index (χ0v) is 13.7. The van der Waals surface area contributed by atoms with E-state index >= 15 is 0 Å². The molecule has 0 aliphatic carbocycles. The number of nitrogens with one attached hydrogen (secondary N) is 1. The SMILES string of the molecule is CCCOc1ccc2[nH]c(C)c(C3CN4CCC3CC4)c2c1. The predicted octanol–water partition coefficient (Wildman–Crippen LogP) is 4.07. The van der Waals surface area contributed by atoms with Gasteiger partial charge in [-0.25, -0.2) is 0 Å². The normalized spacial score (nSPS) is 27.5. The highest BCUT2D eigenvalue weighted by Gasteiger charge is 2.36. The molecule has 3 nitrogen and oxygen atoms in total. The molecular weight excluding hydrogens is 272 g/mol. The molecule has 3 fully saturated rings. The van der Waals surface area contributed by atoms with E-state index in [2.05, 4.69) is 41.9 Å². The topological polar surface area (TPSA) is 28.3 Å². The van der Waals surface area contributed by atoms with Crippen LogP contribution in [-0.2, 0) is 0 Å². The van der Waals surface area contributed by atoms with Crippen molar-refractivity contribution in [1.82, 2.24) is 9.88 Å². The summed E-state index contributed by atoms with van der Waals surface area (Å²) in [5.74, 6) is 2.57. The summed E-state index contributed by atoms with van der Waals surface area (Å²) in [6.45, 7) is 9.01. The van der Waals surface area contributed by atoms with Gasteiger partial charge in [-0.1, -0.05) is 6.92 Å². The van der Waals surface area contributed by atoms with Gasteiger partial charge in [-0.05, 0) is 69.0 Å². The summed E-state index contributed by atoms with van der Waals surface area (Å²) in [5.41, 5.74) is 4.15. The first kappa shape index (κ1) is 14.1. The highest BCUT2D eigenvalue weighted by Crippen LogP contribution is 2.43. The van der Waals surface area contributed by atoms with Crippen LogP contribution in [0.2, 0.25) is 0 Å². The van der Waals surface area contributed by atoms with E-state index in [-0.39, 0.29) is 0 Å². The number of piperidine rings is 3. The van der Waals surface area contributed by atoms with Gasteiger partial charge >= 0.3 is 0 Å². The Balaban J connectivity index is 1.74. The molecule has 3 saturated heterocycles. The average molecular weight is 298 g/mol. The van der Waals surface area contributed by atoms with E-state index in [1.807, 2.05) is 0 Å². The molecule has 1 aromatic carbocycles. The number of nitrogens with zero attached hydrogens (tertiary/aromatic N) is 1. The van der Waals surface area contributed by atoms with Crippen LogP contribution in [0.1, 0.15) is 43.4 Å². The Kier molecular flexibility index (Phi) is 3.61. The molecule has 1 N–H and O–H groups in total. The molecule has 1 atom stereocenters. The fraction of sp³-hybridized carbons (Fsp3) is 0.579. The molecular formula is C19H26N2O. The monoisotopic (exact) mass is 298 g/mol. The van der Waals surface area contributed by atoms with Crippen LogP contribution in [0.3, 0.4) is 0 Å². The van der Waals surface area contributed by atoms with Crippen LogP contribution in [0.25, 0.3) is 10.9 Å². The molecule has 2 aromatic rings. The zero-order valence-electron chi connectivity index (χ0n) is 13.7. The van der Waals surface area contributed by atoms with Crippen molar-refractivity contribution in [3.63, 3.8) is 0 Å². The third kappa shape index (κ3) is 2.32. The zero-order chi connectivity index (χ0) is 15.1. The van der Waals surface area contributed by atoms with Crippen molar-refractivity contribution in [1.29, 1.82) is 0 Å². The molecule has 3 aliphatic rings. The van der Waals surface area contributed by atoms with Gasteiger partial charge in [0, 0.05) is 29.1 Å². The molecule has 2 bridgehead atoms. The van der Waals surface area contributed by atoms with Crippen LogP contribution in [0, 0.1) is 12.8 Å². The van der Waals surface area contributed by atoms with E-state index in [1.165, 1.54) is 49.1 Å². The Labute approximate surface area is 132 Å². The van der Waals surface area contributed by atoms with Gasteiger partial charge in [0.05, 0.1) is 6.61 Å². The Morgan fingerprint density at radius 3 is 2.77 bits per heavy atom. The Hall–Kier alpha value is -1.48. The molecule has 0 radical (unpaired) electrons. The second-order valence-electron chi connectivity index (χ2n) is 6.96. The van der Waals surface area contributed by atoms with E-state index in [4.69, 9.17) is 4.74 Å². The smallest absolute Gasteiger partial charge is 0.120 e. The van der Waals surface area contributed by atoms with Gasteiger partial charge < -0.3 is 14.6 Å². The van der Waals surface area contributed by atoms with Crippen LogP contribution in [-0.4, -0.2) is 36.1 Å². The summed E-state index contributed by atoms with van der Waals surface area (Å²) in [7, 11) is 0. The fourth-order valence-corrected chi connectivity index (χ4v) is 4.41. The van der Waals surface area contributed by atoms with E-state index in [0.29, 0.717) is 5.92 Å². The largest absolute Gasteiger partial charge is 0.494 e.